The van der Waals surface area contributed by atoms with Gasteiger partial charge < -0.3 is 10.6 Å². The number of nitrogens with one attached hydrogen (secondary N) is 2. The van der Waals surface area contributed by atoms with Crippen LogP contribution in [0.3, 0.4) is 0 Å². The van der Waals surface area contributed by atoms with Crippen molar-refractivity contribution >= 4 is 35.0 Å². The molecule has 5 rings (SSSR count). The second kappa shape index (κ2) is 10.0. The van der Waals surface area contributed by atoms with E-state index < -0.39 is 16.9 Å². The number of hydrogen-bond donors (Lipinski definition) is 2. The summed E-state index contributed by atoms with van der Waals surface area (Å²) < 4.78 is 1.54. The summed E-state index contributed by atoms with van der Waals surface area (Å²) in [4.78, 5) is 33.6. The average molecular weight is 500 g/mol. The van der Waals surface area contributed by atoms with E-state index in [1.165, 1.54) is 24.0 Å². The zero-order valence-electron chi connectivity index (χ0n) is 19.2. The van der Waals surface area contributed by atoms with Gasteiger partial charge in [0, 0.05) is 23.7 Å². The highest BCUT2D eigenvalue weighted by molar-refractivity contribution is 7.98. The minimum absolute atomic E-state index is 0.108. The molecule has 0 saturated heterocycles. The first-order chi connectivity index (χ1) is 17.5. The van der Waals surface area contributed by atoms with Crippen molar-refractivity contribution in [3.8, 4) is 0 Å². The molecule has 0 spiro atoms. The summed E-state index contributed by atoms with van der Waals surface area (Å²) in [5.41, 5.74) is 2.68. The average Bonchev–Trinajstić information content (AvgIpc) is 3.30. The fourth-order valence-corrected chi connectivity index (χ4v) is 4.80. The minimum Gasteiger partial charge on any atom is -0.328 e. The molecule has 180 valence electrons. The van der Waals surface area contributed by atoms with Gasteiger partial charge in [-0.1, -0.05) is 54.2 Å². The maximum absolute atomic E-state index is 13.5. The maximum atomic E-state index is 13.5. The molecule has 1 aliphatic rings. The first-order valence-electron chi connectivity index (χ1n) is 11.1. The van der Waals surface area contributed by atoms with Crippen molar-refractivity contribution in [1.82, 2.24) is 19.7 Å². The molecular formula is C25H21N7O3S. The Morgan fingerprint density at radius 3 is 2.67 bits per heavy atom. The van der Waals surface area contributed by atoms with Crippen molar-refractivity contribution in [2.45, 2.75) is 23.9 Å². The number of carbonyl (C=O) groups excluding carboxylic acids is 1. The van der Waals surface area contributed by atoms with Crippen molar-refractivity contribution in [2.24, 2.45) is 0 Å². The zero-order chi connectivity index (χ0) is 25.1. The summed E-state index contributed by atoms with van der Waals surface area (Å²) in [6.45, 7) is 1.74. The predicted octanol–water partition coefficient (Wildman–Crippen LogP) is 4.80. The number of rotatable bonds is 7. The van der Waals surface area contributed by atoms with Crippen LogP contribution < -0.4 is 10.6 Å². The quantitative estimate of drug-likeness (QED) is 0.211. The third-order valence-electron chi connectivity index (χ3n) is 5.64. The number of thioether (sulfide) groups is 1. The molecule has 0 saturated carbocycles. The third kappa shape index (κ3) is 4.68. The molecule has 0 bridgehead atoms. The molecule has 2 aromatic heterocycles. The van der Waals surface area contributed by atoms with Crippen LogP contribution in [0, 0.1) is 10.1 Å². The highest BCUT2D eigenvalue weighted by Crippen LogP contribution is 2.40. The van der Waals surface area contributed by atoms with E-state index in [1.54, 1.807) is 48.1 Å². The number of nitrogens with zero attached hydrogens (tertiary/aromatic N) is 5. The van der Waals surface area contributed by atoms with Crippen molar-refractivity contribution < 1.29 is 9.72 Å². The summed E-state index contributed by atoms with van der Waals surface area (Å²) in [5.74, 6) is 0.640. The van der Waals surface area contributed by atoms with Gasteiger partial charge in [-0.3, -0.25) is 19.9 Å². The number of para-hydroxylation sites is 1. The Kier molecular flexibility index (Phi) is 6.46. The third-order valence-corrected chi connectivity index (χ3v) is 6.54. The summed E-state index contributed by atoms with van der Waals surface area (Å²) >= 11 is 1.44. The molecule has 2 aromatic carbocycles. The van der Waals surface area contributed by atoms with E-state index in [4.69, 9.17) is 0 Å². The molecule has 1 aliphatic heterocycles. The van der Waals surface area contributed by atoms with E-state index in [0.29, 0.717) is 39.4 Å². The molecule has 3 heterocycles. The van der Waals surface area contributed by atoms with Gasteiger partial charge in [0.2, 0.25) is 11.1 Å². The van der Waals surface area contributed by atoms with E-state index in [0.717, 1.165) is 5.56 Å². The van der Waals surface area contributed by atoms with Crippen LogP contribution in [0.5, 0.6) is 0 Å². The highest BCUT2D eigenvalue weighted by Gasteiger charge is 2.37. The van der Waals surface area contributed by atoms with Gasteiger partial charge in [0.05, 0.1) is 27.9 Å². The summed E-state index contributed by atoms with van der Waals surface area (Å²) in [6.07, 6.45) is 3.14. The van der Waals surface area contributed by atoms with Gasteiger partial charge >= 0.3 is 0 Å². The number of amides is 1. The van der Waals surface area contributed by atoms with Gasteiger partial charge in [0.1, 0.15) is 6.04 Å². The zero-order valence-corrected chi connectivity index (χ0v) is 20.0. The topological polar surface area (TPSA) is 128 Å². The normalized spacial score (nSPS) is 14.6. The first kappa shape index (κ1) is 23.2. The van der Waals surface area contributed by atoms with Gasteiger partial charge in [-0.25, -0.2) is 4.68 Å². The summed E-state index contributed by atoms with van der Waals surface area (Å²) in [6, 6.07) is 18.9. The fourth-order valence-electron chi connectivity index (χ4n) is 4.02. The highest BCUT2D eigenvalue weighted by atomic mass is 32.2. The number of hydrogen-bond acceptors (Lipinski definition) is 8. The van der Waals surface area contributed by atoms with Crippen molar-refractivity contribution in [3.05, 3.63) is 112 Å². The predicted molar refractivity (Wildman–Crippen MR) is 136 cm³/mol. The molecule has 1 unspecified atom stereocenters. The number of pyridine rings is 1. The molecule has 0 radical (unpaired) electrons. The Bertz CT molecular complexity index is 1460. The maximum Gasteiger partial charge on any atom is 0.275 e. The lowest BCUT2D eigenvalue weighted by Crippen LogP contribution is -2.32. The fraction of sp³-hybridized carbons (Fsp3) is 0.120. The Morgan fingerprint density at radius 2 is 1.92 bits per heavy atom. The molecule has 11 heteroatoms. The van der Waals surface area contributed by atoms with Crippen LogP contribution in [0.1, 0.15) is 24.1 Å². The number of fused-ring (bicyclic) bond motifs is 1. The van der Waals surface area contributed by atoms with Gasteiger partial charge in [0.25, 0.3) is 11.6 Å². The van der Waals surface area contributed by atoms with Crippen LogP contribution >= 0.6 is 11.8 Å². The Morgan fingerprint density at radius 1 is 1.14 bits per heavy atom. The van der Waals surface area contributed by atoms with E-state index >= 15 is 0 Å². The van der Waals surface area contributed by atoms with Crippen molar-refractivity contribution in [3.63, 3.8) is 0 Å². The van der Waals surface area contributed by atoms with Gasteiger partial charge in [0.15, 0.2) is 0 Å². The minimum atomic E-state index is -0.863. The van der Waals surface area contributed by atoms with Crippen LogP contribution in [0.15, 0.2) is 95.6 Å². The monoisotopic (exact) mass is 499 g/mol. The Labute approximate surface area is 210 Å². The molecule has 1 atom stereocenters. The summed E-state index contributed by atoms with van der Waals surface area (Å²) in [5, 5.41) is 23.0. The summed E-state index contributed by atoms with van der Waals surface area (Å²) in [7, 11) is 0. The molecular weight excluding hydrogens is 478 g/mol. The molecule has 10 nitrogen and oxygen atoms in total. The van der Waals surface area contributed by atoms with E-state index in [1.807, 2.05) is 30.3 Å². The van der Waals surface area contributed by atoms with Crippen LogP contribution in [0.4, 0.5) is 17.3 Å². The lowest BCUT2D eigenvalue weighted by molar-refractivity contribution is -0.385. The van der Waals surface area contributed by atoms with E-state index in [-0.39, 0.29) is 5.69 Å². The second-order valence-electron chi connectivity index (χ2n) is 8.01. The van der Waals surface area contributed by atoms with Crippen LogP contribution in [0.2, 0.25) is 0 Å². The number of carbonyl (C=O) groups is 1. The SMILES string of the molecule is CC1=C(C(=O)Nc2cccnc2)C(c2ccccc2[N+](=O)[O-])n2nc(SCc3ccccc3)nc2N1. The Hall–Kier alpha value is -4.51. The Balaban J connectivity index is 1.55. The second-order valence-corrected chi connectivity index (χ2v) is 8.96. The number of allylic oxidation sites excluding steroid dienone is 1. The van der Waals surface area contributed by atoms with Crippen molar-refractivity contribution in [1.29, 1.82) is 0 Å². The number of aromatic nitrogens is 4. The van der Waals surface area contributed by atoms with E-state index in [2.05, 4.69) is 25.7 Å². The largest absolute Gasteiger partial charge is 0.328 e. The molecule has 0 fully saturated rings. The lowest BCUT2D eigenvalue weighted by atomic mass is 9.93. The van der Waals surface area contributed by atoms with Gasteiger partial charge in [-0.15, -0.1) is 5.10 Å². The first-order valence-corrected chi connectivity index (χ1v) is 12.1. The number of anilines is 2. The molecule has 0 aliphatic carbocycles. The lowest BCUT2D eigenvalue weighted by Gasteiger charge is -2.28. The standard InChI is InChI=1S/C25H21N7O3S/c1-16-21(23(33)28-18-10-7-13-26-14-18)22(19-11-5-6-12-20(19)32(34)35)31-24(27-16)29-25(30-31)36-15-17-8-3-2-4-9-17/h2-14,22H,15H2,1H3,(H,28,33)(H,27,29,30). The van der Waals surface area contributed by atoms with E-state index in [9.17, 15) is 14.9 Å². The van der Waals surface area contributed by atoms with Gasteiger partial charge in [-0.05, 0) is 30.7 Å². The van der Waals surface area contributed by atoms with Crippen LogP contribution in [0.25, 0.3) is 0 Å². The number of nitro benzene ring substituents is 1. The number of nitro groups is 1. The molecule has 36 heavy (non-hydrogen) atoms. The van der Waals surface area contributed by atoms with Crippen LogP contribution in [-0.4, -0.2) is 30.6 Å². The van der Waals surface area contributed by atoms with Crippen molar-refractivity contribution in [2.75, 3.05) is 10.6 Å². The molecule has 1 amide bonds. The van der Waals surface area contributed by atoms with Gasteiger partial charge in [-0.2, -0.15) is 4.98 Å². The molecule has 4 aromatic rings. The smallest absolute Gasteiger partial charge is 0.275 e. The molecule has 2 N–H and O–H groups in total. The van der Waals surface area contributed by atoms with Crippen LogP contribution in [-0.2, 0) is 10.5 Å². The number of benzene rings is 2.